The quantitative estimate of drug-likeness (QED) is 0.868. The molecule has 7 heteroatoms. The first-order valence-corrected chi connectivity index (χ1v) is 9.31. The van der Waals surface area contributed by atoms with Gasteiger partial charge in [0.2, 0.25) is 5.91 Å². The van der Waals surface area contributed by atoms with Gasteiger partial charge in [0.25, 0.3) is 5.56 Å². The van der Waals surface area contributed by atoms with Crippen molar-refractivity contribution in [2.45, 2.75) is 24.7 Å². The van der Waals surface area contributed by atoms with Crippen LogP contribution in [0.25, 0.3) is 0 Å². The molecule has 1 aromatic carbocycles. The number of nitrogens with zero attached hydrogens (tertiary/aromatic N) is 3. The zero-order valence-electron chi connectivity index (χ0n) is 15.3. The number of carbonyl (C=O) groups is 1. The van der Waals surface area contributed by atoms with Gasteiger partial charge in [-0.2, -0.15) is 5.10 Å². The second kappa shape index (κ2) is 6.79. The Hall–Kier alpha value is -2.70. The Kier molecular flexibility index (Phi) is 4.45. The van der Waals surface area contributed by atoms with Gasteiger partial charge in [0.15, 0.2) is 0 Å². The van der Waals surface area contributed by atoms with E-state index < -0.39 is 5.41 Å². The maximum absolute atomic E-state index is 14.1. The summed E-state index contributed by atoms with van der Waals surface area (Å²) in [6.45, 7) is 2.15. The van der Waals surface area contributed by atoms with Crippen molar-refractivity contribution in [3.8, 4) is 0 Å². The van der Waals surface area contributed by atoms with Crippen LogP contribution in [0.2, 0.25) is 0 Å². The van der Waals surface area contributed by atoms with E-state index in [1.54, 1.807) is 37.5 Å². The molecule has 1 atom stereocenters. The van der Waals surface area contributed by atoms with Crippen molar-refractivity contribution >= 4 is 11.6 Å². The number of hydrogen-bond acceptors (Lipinski definition) is 4. The van der Waals surface area contributed by atoms with Gasteiger partial charge in [-0.05, 0) is 31.2 Å². The fraction of sp³-hybridized carbons (Fsp3) is 0.450. The largest absolute Gasteiger partial charge is 0.370 e. The van der Waals surface area contributed by atoms with Crippen LogP contribution in [0.15, 0.2) is 41.3 Å². The van der Waals surface area contributed by atoms with E-state index in [4.69, 9.17) is 0 Å². The van der Waals surface area contributed by atoms with Crippen molar-refractivity contribution in [3.05, 3.63) is 58.3 Å². The molecule has 6 nitrogen and oxygen atoms in total. The second-order valence-electron chi connectivity index (χ2n) is 7.55. The third-order valence-corrected chi connectivity index (χ3v) is 5.73. The summed E-state index contributed by atoms with van der Waals surface area (Å²) in [5.74, 6) is -0.0916. The molecule has 1 amide bonds. The van der Waals surface area contributed by atoms with Gasteiger partial charge in [-0.3, -0.25) is 9.59 Å². The molecule has 2 fully saturated rings. The topological polar surface area (TPSA) is 67.2 Å². The van der Waals surface area contributed by atoms with Gasteiger partial charge in [0, 0.05) is 38.3 Å². The Morgan fingerprint density at radius 3 is 2.85 bits per heavy atom. The first-order chi connectivity index (χ1) is 13.0. The number of aromatic nitrogens is 2. The monoisotopic (exact) mass is 370 g/mol. The maximum atomic E-state index is 14.1. The molecule has 1 aromatic heterocycles. The Morgan fingerprint density at radius 1 is 1.37 bits per heavy atom. The minimum absolute atomic E-state index is 0.0821. The number of carbonyl (C=O) groups excluding carboxylic acids is 1. The molecule has 1 aliphatic heterocycles. The van der Waals surface area contributed by atoms with Crippen LogP contribution in [-0.2, 0) is 17.3 Å². The average molecular weight is 370 g/mol. The van der Waals surface area contributed by atoms with Crippen LogP contribution in [0, 0.1) is 11.7 Å². The molecule has 1 aliphatic carbocycles. The lowest BCUT2D eigenvalue weighted by molar-refractivity contribution is -0.123. The summed E-state index contributed by atoms with van der Waals surface area (Å²) in [6, 6.07) is 8.13. The third-order valence-electron chi connectivity index (χ3n) is 5.73. The van der Waals surface area contributed by atoms with E-state index in [2.05, 4.69) is 15.3 Å². The van der Waals surface area contributed by atoms with Gasteiger partial charge in [0.05, 0.1) is 17.3 Å². The highest BCUT2D eigenvalue weighted by Crippen LogP contribution is 2.49. The van der Waals surface area contributed by atoms with E-state index >= 15 is 0 Å². The number of benzene rings is 1. The Balaban J connectivity index is 1.36. The van der Waals surface area contributed by atoms with Gasteiger partial charge in [-0.1, -0.05) is 18.2 Å². The lowest BCUT2D eigenvalue weighted by Crippen LogP contribution is -2.38. The number of nitrogens with one attached hydrogen (secondary N) is 1. The fourth-order valence-corrected chi connectivity index (χ4v) is 3.87. The number of rotatable bonds is 5. The molecule has 4 rings (SSSR count). The molecule has 142 valence electrons. The van der Waals surface area contributed by atoms with Crippen molar-refractivity contribution in [1.82, 2.24) is 15.1 Å². The molecule has 2 aromatic rings. The van der Waals surface area contributed by atoms with E-state index in [0.717, 1.165) is 25.2 Å². The molecule has 0 radical (unpaired) electrons. The zero-order valence-corrected chi connectivity index (χ0v) is 15.3. The molecule has 0 bridgehead atoms. The number of halogens is 1. The van der Waals surface area contributed by atoms with Crippen LogP contribution in [0.1, 0.15) is 24.8 Å². The molecular formula is C20H23FN4O2. The number of hydrogen-bond donors (Lipinski definition) is 1. The number of aryl methyl sites for hydroxylation is 1. The smallest absolute Gasteiger partial charge is 0.268 e. The van der Waals surface area contributed by atoms with Crippen LogP contribution < -0.4 is 15.8 Å². The fourth-order valence-electron chi connectivity index (χ4n) is 3.87. The molecule has 0 unspecified atom stereocenters. The normalized spacial score (nSPS) is 20.5. The van der Waals surface area contributed by atoms with E-state index in [1.165, 1.54) is 10.7 Å². The molecule has 1 N–H and O–H groups in total. The summed E-state index contributed by atoms with van der Waals surface area (Å²) in [6.07, 6.45) is 4.01. The van der Waals surface area contributed by atoms with Crippen LogP contribution in [0.4, 0.5) is 10.1 Å². The highest BCUT2D eigenvalue weighted by atomic mass is 19.1. The zero-order chi connectivity index (χ0) is 19.0. The highest BCUT2D eigenvalue weighted by Gasteiger charge is 2.52. The van der Waals surface area contributed by atoms with Crippen molar-refractivity contribution in [3.63, 3.8) is 0 Å². The summed E-state index contributed by atoms with van der Waals surface area (Å²) in [5.41, 5.74) is 0.489. The predicted octanol–water partition coefficient (Wildman–Crippen LogP) is 1.59. The van der Waals surface area contributed by atoms with Gasteiger partial charge in [0.1, 0.15) is 5.82 Å². The molecule has 1 saturated heterocycles. The standard InChI is InChI=1S/C20H23FN4O2/c1-24-18(26)10-15(12-23-24)25-9-6-14(13-25)11-22-19(27)20(7-8-20)16-4-2-3-5-17(16)21/h2-5,10,12,14H,6-9,11,13H2,1H3,(H,22,27)/t14-/m0/s1. The Labute approximate surface area is 157 Å². The van der Waals surface area contributed by atoms with E-state index in [9.17, 15) is 14.0 Å². The highest BCUT2D eigenvalue weighted by molar-refractivity contribution is 5.91. The molecule has 1 saturated carbocycles. The summed E-state index contributed by atoms with van der Waals surface area (Å²) in [5, 5.41) is 7.09. The van der Waals surface area contributed by atoms with Crippen molar-refractivity contribution in [2.24, 2.45) is 13.0 Å². The summed E-state index contributed by atoms with van der Waals surface area (Å²) < 4.78 is 15.4. The van der Waals surface area contributed by atoms with Crippen molar-refractivity contribution < 1.29 is 9.18 Å². The third kappa shape index (κ3) is 3.34. The lowest BCUT2D eigenvalue weighted by Gasteiger charge is -2.20. The molecular weight excluding hydrogens is 347 g/mol. The van der Waals surface area contributed by atoms with Crippen LogP contribution in [-0.4, -0.2) is 35.3 Å². The summed E-state index contributed by atoms with van der Waals surface area (Å²) in [4.78, 5) is 26.6. The maximum Gasteiger partial charge on any atom is 0.268 e. The molecule has 2 aliphatic rings. The van der Waals surface area contributed by atoms with Crippen LogP contribution in [0.3, 0.4) is 0 Å². The first kappa shape index (κ1) is 17.7. The Bertz CT molecular complexity index is 922. The van der Waals surface area contributed by atoms with Gasteiger partial charge >= 0.3 is 0 Å². The van der Waals surface area contributed by atoms with Crippen molar-refractivity contribution in [1.29, 1.82) is 0 Å². The van der Waals surface area contributed by atoms with Gasteiger partial charge in [-0.25, -0.2) is 9.07 Å². The second-order valence-corrected chi connectivity index (χ2v) is 7.55. The van der Waals surface area contributed by atoms with E-state index in [1.807, 2.05) is 0 Å². The van der Waals surface area contributed by atoms with Crippen LogP contribution in [0.5, 0.6) is 0 Å². The minimum atomic E-state index is -0.695. The molecule has 2 heterocycles. The molecule has 0 spiro atoms. The minimum Gasteiger partial charge on any atom is -0.370 e. The Morgan fingerprint density at radius 2 is 2.15 bits per heavy atom. The van der Waals surface area contributed by atoms with Crippen molar-refractivity contribution in [2.75, 3.05) is 24.5 Å². The summed E-state index contributed by atoms with van der Waals surface area (Å²) in [7, 11) is 1.62. The summed E-state index contributed by atoms with van der Waals surface area (Å²) >= 11 is 0. The average Bonchev–Trinajstić information content (AvgIpc) is 3.33. The van der Waals surface area contributed by atoms with Gasteiger partial charge in [-0.15, -0.1) is 0 Å². The van der Waals surface area contributed by atoms with Crippen LogP contribution >= 0.6 is 0 Å². The molecule has 27 heavy (non-hydrogen) atoms. The number of amides is 1. The first-order valence-electron chi connectivity index (χ1n) is 9.31. The van der Waals surface area contributed by atoms with E-state index in [0.29, 0.717) is 30.9 Å². The number of anilines is 1. The SMILES string of the molecule is Cn1ncc(N2CC[C@@H](CNC(=O)C3(c4ccccc4F)CC3)C2)cc1=O. The van der Waals surface area contributed by atoms with E-state index in [-0.39, 0.29) is 17.3 Å². The van der Waals surface area contributed by atoms with Gasteiger partial charge < -0.3 is 10.2 Å². The lowest BCUT2D eigenvalue weighted by atomic mass is 9.94. The predicted molar refractivity (Wildman–Crippen MR) is 100 cm³/mol.